The fourth-order valence-corrected chi connectivity index (χ4v) is 3.47. The largest absolute Gasteiger partial charge is 0.454 e. The second kappa shape index (κ2) is 2.52. The number of ether oxygens (including phenoxy) is 2. The Labute approximate surface area is 93.7 Å². The van der Waals surface area contributed by atoms with Crippen LogP contribution in [0, 0.1) is 0 Å². The number of nitrogens with one attached hydrogen (secondary N) is 1. The topological polar surface area (TPSA) is 56.5 Å². The number of hydrazine groups is 1. The van der Waals surface area contributed by atoms with E-state index in [0.29, 0.717) is 12.2 Å². The Hall–Kier alpha value is -1.26. The molecule has 4 heteroatoms. The van der Waals surface area contributed by atoms with Gasteiger partial charge in [-0.25, -0.2) is 0 Å². The highest BCUT2D eigenvalue weighted by Gasteiger charge is 2.68. The fourth-order valence-electron chi connectivity index (χ4n) is 3.47. The van der Waals surface area contributed by atoms with Gasteiger partial charge < -0.3 is 9.47 Å². The van der Waals surface area contributed by atoms with Crippen LogP contribution < -0.4 is 20.7 Å². The summed E-state index contributed by atoms with van der Waals surface area (Å²) in [5.74, 6) is 7.29. The average molecular weight is 218 g/mol. The minimum atomic E-state index is 0.233. The lowest BCUT2D eigenvalue weighted by Crippen LogP contribution is -2.77. The molecule has 4 aliphatic rings. The Balaban J connectivity index is 1.66. The van der Waals surface area contributed by atoms with E-state index < -0.39 is 0 Å². The molecule has 3 saturated carbocycles. The first-order chi connectivity index (χ1) is 7.75. The molecule has 0 saturated heterocycles. The molecule has 4 nitrogen and oxygen atoms in total. The van der Waals surface area contributed by atoms with Crippen molar-refractivity contribution < 1.29 is 9.47 Å². The first kappa shape index (κ1) is 8.84. The predicted octanol–water partition coefficient (Wildman–Crippen LogP) is 1.05. The Morgan fingerprint density at radius 3 is 2.62 bits per heavy atom. The molecule has 3 fully saturated rings. The van der Waals surface area contributed by atoms with Crippen molar-refractivity contribution in [3.05, 3.63) is 23.8 Å². The molecule has 84 valence electrons. The molecular weight excluding hydrogens is 204 g/mol. The lowest BCUT2D eigenvalue weighted by Gasteiger charge is -2.70. The van der Waals surface area contributed by atoms with E-state index in [4.69, 9.17) is 15.3 Å². The molecule has 1 aromatic carbocycles. The van der Waals surface area contributed by atoms with Gasteiger partial charge in [-0.1, -0.05) is 6.07 Å². The van der Waals surface area contributed by atoms with Crippen molar-refractivity contribution in [3.63, 3.8) is 0 Å². The summed E-state index contributed by atoms with van der Waals surface area (Å²) in [6, 6.07) is 6.30. The van der Waals surface area contributed by atoms with Gasteiger partial charge in [0, 0.05) is 11.0 Å². The van der Waals surface area contributed by atoms with Gasteiger partial charge in [0.1, 0.15) is 0 Å². The maximum Gasteiger partial charge on any atom is 0.231 e. The molecule has 3 N–H and O–H groups in total. The SMILES string of the molecule is NNC12CC(c3ccc4c(c3)OCO4)(C1)C2. The zero-order valence-electron chi connectivity index (χ0n) is 8.95. The van der Waals surface area contributed by atoms with Crippen LogP contribution in [0.1, 0.15) is 24.8 Å². The molecule has 1 aliphatic heterocycles. The summed E-state index contributed by atoms with van der Waals surface area (Å²) < 4.78 is 10.7. The van der Waals surface area contributed by atoms with Gasteiger partial charge in [0.25, 0.3) is 0 Å². The zero-order valence-corrected chi connectivity index (χ0v) is 8.95. The fraction of sp³-hybridized carbons (Fsp3) is 0.500. The standard InChI is InChI=1S/C12H14N2O2/c13-14-12-4-11(5-12,6-12)8-1-2-9-10(3-8)16-7-15-9/h1-3,14H,4-7,13H2. The number of fused-ring (bicyclic) bond motifs is 1. The quantitative estimate of drug-likeness (QED) is 0.575. The van der Waals surface area contributed by atoms with E-state index in [-0.39, 0.29) is 5.54 Å². The van der Waals surface area contributed by atoms with Crippen molar-refractivity contribution in [2.75, 3.05) is 6.79 Å². The molecule has 0 spiro atoms. The molecule has 0 aromatic heterocycles. The Bertz CT molecular complexity index is 452. The lowest BCUT2D eigenvalue weighted by molar-refractivity contribution is -0.0883. The van der Waals surface area contributed by atoms with Crippen LogP contribution in [-0.4, -0.2) is 12.3 Å². The maximum atomic E-state index is 5.54. The Morgan fingerprint density at radius 1 is 1.12 bits per heavy atom. The van der Waals surface area contributed by atoms with E-state index in [1.54, 1.807) is 0 Å². The molecule has 2 bridgehead atoms. The number of rotatable bonds is 2. The first-order valence-electron chi connectivity index (χ1n) is 5.63. The second-order valence-corrected chi connectivity index (χ2v) is 5.30. The van der Waals surface area contributed by atoms with E-state index in [9.17, 15) is 0 Å². The monoisotopic (exact) mass is 218 g/mol. The van der Waals surface area contributed by atoms with E-state index in [1.165, 1.54) is 5.56 Å². The van der Waals surface area contributed by atoms with Gasteiger partial charge in [-0.05, 0) is 37.0 Å². The summed E-state index contributed by atoms with van der Waals surface area (Å²) in [5.41, 5.74) is 4.89. The molecule has 0 amide bonds. The van der Waals surface area contributed by atoms with Gasteiger partial charge in [-0.2, -0.15) is 0 Å². The van der Waals surface area contributed by atoms with Crippen LogP contribution in [0.25, 0.3) is 0 Å². The highest BCUT2D eigenvalue weighted by atomic mass is 16.7. The van der Waals surface area contributed by atoms with Gasteiger partial charge in [0.2, 0.25) is 6.79 Å². The third-order valence-electron chi connectivity index (χ3n) is 4.32. The summed E-state index contributed by atoms with van der Waals surface area (Å²) in [6.45, 7) is 0.347. The van der Waals surface area contributed by atoms with Crippen LogP contribution in [0.2, 0.25) is 0 Å². The summed E-state index contributed by atoms with van der Waals surface area (Å²) in [7, 11) is 0. The normalized spacial score (nSPS) is 37.8. The van der Waals surface area contributed by atoms with E-state index in [2.05, 4.69) is 17.6 Å². The summed E-state index contributed by atoms with van der Waals surface area (Å²) in [6.07, 6.45) is 3.45. The molecular formula is C12H14N2O2. The number of hydrogen-bond acceptors (Lipinski definition) is 4. The molecule has 1 heterocycles. The van der Waals surface area contributed by atoms with E-state index >= 15 is 0 Å². The lowest BCUT2D eigenvalue weighted by atomic mass is 9.37. The summed E-state index contributed by atoms with van der Waals surface area (Å²) in [5, 5.41) is 0. The van der Waals surface area contributed by atoms with E-state index in [0.717, 1.165) is 30.8 Å². The van der Waals surface area contributed by atoms with Gasteiger partial charge in [0.05, 0.1) is 0 Å². The molecule has 0 unspecified atom stereocenters. The van der Waals surface area contributed by atoms with Gasteiger partial charge >= 0.3 is 0 Å². The van der Waals surface area contributed by atoms with Crippen LogP contribution in [0.3, 0.4) is 0 Å². The number of nitrogens with two attached hydrogens (primary N) is 1. The summed E-state index contributed by atoms with van der Waals surface area (Å²) >= 11 is 0. The highest BCUT2D eigenvalue weighted by Crippen LogP contribution is 2.67. The van der Waals surface area contributed by atoms with Crippen molar-refractivity contribution in [1.82, 2.24) is 5.43 Å². The Kier molecular flexibility index (Phi) is 1.39. The number of benzene rings is 1. The maximum absolute atomic E-state index is 5.54. The smallest absolute Gasteiger partial charge is 0.231 e. The van der Waals surface area contributed by atoms with Crippen molar-refractivity contribution in [2.24, 2.45) is 5.84 Å². The Morgan fingerprint density at radius 2 is 1.88 bits per heavy atom. The second-order valence-electron chi connectivity index (χ2n) is 5.30. The van der Waals surface area contributed by atoms with Crippen molar-refractivity contribution >= 4 is 0 Å². The highest BCUT2D eigenvalue weighted by molar-refractivity contribution is 5.50. The van der Waals surface area contributed by atoms with Crippen LogP contribution in [0.5, 0.6) is 11.5 Å². The first-order valence-corrected chi connectivity index (χ1v) is 5.63. The predicted molar refractivity (Wildman–Crippen MR) is 58.1 cm³/mol. The molecule has 5 rings (SSSR count). The minimum Gasteiger partial charge on any atom is -0.454 e. The molecule has 16 heavy (non-hydrogen) atoms. The zero-order chi connectivity index (χ0) is 10.8. The van der Waals surface area contributed by atoms with E-state index in [1.807, 2.05) is 6.07 Å². The van der Waals surface area contributed by atoms with Crippen LogP contribution >= 0.6 is 0 Å². The number of hydrogen-bond donors (Lipinski definition) is 2. The average Bonchev–Trinajstić information content (AvgIpc) is 2.61. The molecule has 3 aliphatic carbocycles. The van der Waals surface area contributed by atoms with Crippen molar-refractivity contribution in [2.45, 2.75) is 30.2 Å². The van der Waals surface area contributed by atoms with Gasteiger partial charge in [-0.15, -0.1) is 0 Å². The molecule has 0 atom stereocenters. The molecule has 1 aromatic rings. The van der Waals surface area contributed by atoms with Crippen LogP contribution in [0.4, 0.5) is 0 Å². The van der Waals surface area contributed by atoms with Crippen molar-refractivity contribution in [3.8, 4) is 11.5 Å². The third-order valence-corrected chi connectivity index (χ3v) is 4.32. The third kappa shape index (κ3) is 0.877. The molecule has 0 radical (unpaired) electrons. The van der Waals surface area contributed by atoms with Gasteiger partial charge in [-0.3, -0.25) is 11.3 Å². The van der Waals surface area contributed by atoms with Gasteiger partial charge in [0.15, 0.2) is 11.5 Å². The van der Waals surface area contributed by atoms with Crippen LogP contribution in [0.15, 0.2) is 18.2 Å². The minimum absolute atomic E-state index is 0.233. The van der Waals surface area contributed by atoms with Crippen LogP contribution in [-0.2, 0) is 5.41 Å². The summed E-state index contributed by atoms with van der Waals surface area (Å²) in [4.78, 5) is 0. The van der Waals surface area contributed by atoms with Crippen molar-refractivity contribution in [1.29, 1.82) is 0 Å².